The maximum atomic E-state index is 4.49. The van der Waals surface area contributed by atoms with Gasteiger partial charge in [-0.3, -0.25) is 0 Å². The van der Waals surface area contributed by atoms with Gasteiger partial charge in [0.15, 0.2) is 0 Å². The van der Waals surface area contributed by atoms with Crippen LogP contribution < -0.4 is 4.90 Å². The molecule has 0 fully saturated rings. The molecule has 2 rings (SSSR count). The van der Waals surface area contributed by atoms with Crippen LogP contribution in [-0.4, -0.2) is 19.3 Å². The number of benzene rings is 2. The molecule has 0 N–H and O–H groups in total. The largest absolute Gasteiger partial charge is 0.374 e. The molecule has 1 atom stereocenters. The molecule has 1 unspecified atom stereocenters. The SMILES string of the molecule is CN(CC(CS)c1ccccc1)c1ccccc1. The van der Waals surface area contributed by atoms with Crippen molar-refractivity contribution in [2.75, 3.05) is 24.2 Å². The van der Waals surface area contributed by atoms with E-state index in [9.17, 15) is 0 Å². The molecule has 2 heteroatoms. The number of hydrogen-bond donors (Lipinski definition) is 1. The van der Waals surface area contributed by atoms with Gasteiger partial charge in [-0.25, -0.2) is 0 Å². The number of rotatable bonds is 5. The normalized spacial score (nSPS) is 12.1. The molecule has 0 aromatic heterocycles. The van der Waals surface area contributed by atoms with Gasteiger partial charge < -0.3 is 4.90 Å². The Kier molecular flexibility index (Phi) is 4.71. The molecule has 0 bridgehead atoms. The second-order valence-electron chi connectivity index (χ2n) is 4.51. The summed E-state index contributed by atoms with van der Waals surface area (Å²) < 4.78 is 0. The third-order valence-corrected chi connectivity index (χ3v) is 3.62. The van der Waals surface area contributed by atoms with Crippen molar-refractivity contribution in [1.82, 2.24) is 0 Å². The van der Waals surface area contributed by atoms with Crippen molar-refractivity contribution in [3.8, 4) is 0 Å². The van der Waals surface area contributed by atoms with E-state index in [-0.39, 0.29) is 0 Å². The fourth-order valence-corrected chi connectivity index (χ4v) is 2.44. The average molecular weight is 257 g/mol. The molecule has 94 valence electrons. The molecule has 0 spiro atoms. The predicted molar refractivity (Wildman–Crippen MR) is 82.7 cm³/mol. The van der Waals surface area contributed by atoms with Gasteiger partial charge in [-0.05, 0) is 23.4 Å². The van der Waals surface area contributed by atoms with Gasteiger partial charge in [-0.1, -0.05) is 48.5 Å². The van der Waals surface area contributed by atoms with Gasteiger partial charge in [-0.15, -0.1) is 0 Å². The van der Waals surface area contributed by atoms with Gasteiger partial charge in [-0.2, -0.15) is 12.6 Å². The Morgan fingerprint density at radius 2 is 1.50 bits per heavy atom. The number of thiol groups is 1. The van der Waals surface area contributed by atoms with E-state index >= 15 is 0 Å². The zero-order valence-electron chi connectivity index (χ0n) is 10.7. The van der Waals surface area contributed by atoms with Crippen molar-refractivity contribution in [3.05, 3.63) is 66.2 Å². The number of anilines is 1. The van der Waals surface area contributed by atoms with E-state index in [4.69, 9.17) is 0 Å². The average Bonchev–Trinajstić information content (AvgIpc) is 2.46. The van der Waals surface area contributed by atoms with Crippen LogP contribution in [0.2, 0.25) is 0 Å². The first-order chi connectivity index (χ1) is 8.81. The molecule has 0 heterocycles. The minimum absolute atomic E-state index is 0.458. The summed E-state index contributed by atoms with van der Waals surface area (Å²) in [6.45, 7) is 0.984. The van der Waals surface area contributed by atoms with Crippen molar-refractivity contribution in [3.63, 3.8) is 0 Å². The molecule has 18 heavy (non-hydrogen) atoms. The molecule has 0 aliphatic rings. The third-order valence-electron chi connectivity index (χ3n) is 3.18. The van der Waals surface area contributed by atoms with Crippen LogP contribution in [0.3, 0.4) is 0 Å². The third kappa shape index (κ3) is 3.30. The van der Waals surface area contributed by atoms with E-state index in [2.05, 4.69) is 79.2 Å². The van der Waals surface area contributed by atoms with Crippen molar-refractivity contribution < 1.29 is 0 Å². The summed E-state index contributed by atoms with van der Waals surface area (Å²) in [7, 11) is 2.13. The molecule has 1 nitrogen and oxygen atoms in total. The molecule has 0 aliphatic carbocycles. The van der Waals surface area contributed by atoms with Crippen LogP contribution in [0.25, 0.3) is 0 Å². The predicted octanol–water partition coefficient (Wildman–Crippen LogP) is 3.84. The van der Waals surface area contributed by atoms with Crippen LogP contribution in [0.1, 0.15) is 11.5 Å². The molecule has 0 radical (unpaired) electrons. The quantitative estimate of drug-likeness (QED) is 0.797. The highest BCUT2D eigenvalue weighted by molar-refractivity contribution is 7.80. The van der Waals surface area contributed by atoms with E-state index in [1.54, 1.807) is 0 Å². The van der Waals surface area contributed by atoms with Crippen molar-refractivity contribution in [1.29, 1.82) is 0 Å². The number of para-hydroxylation sites is 1. The van der Waals surface area contributed by atoms with Crippen LogP contribution in [-0.2, 0) is 0 Å². The van der Waals surface area contributed by atoms with Crippen molar-refractivity contribution >= 4 is 18.3 Å². The molecule has 0 amide bonds. The lowest BCUT2D eigenvalue weighted by Gasteiger charge is -2.25. The first-order valence-corrected chi connectivity index (χ1v) is 6.86. The van der Waals surface area contributed by atoms with E-state index in [1.807, 2.05) is 6.07 Å². The fraction of sp³-hybridized carbons (Fsp3) is 0.250. The van der Waals surface area contributed by atoms with E-state index in [1.165, 1.54) is 11.3 Å². The van der Waals surface area contributed by atoms with Crippen molar-refractivity contribution in [2.24, 2.45) is 0 Å². The monoisotopic (exact) mass is 257 g/mol. The zero-order valence-corrected chi connectivity index (χ0v) is 11.6. The maximum absolute atomic E-state index is 4.49. The Labute approximate surface area is 115 Å². The minimum Gasteiger partial charge on any atom is -0.374 e. The van der Waals surface area contributed by atoms with E-state index in [0.29, 0.717) is 5.92 Å². The van der Waals surface area contributed by atoms with Gasteiger partial charge >= 0.3 is 0 Å². The highest BCUT2D eigenvalue weighted by Crippen LogP contribution is 2.21. The van der Waals surface area contributed by atoms with Crippen LogP contribution in [0.5, 0.6) is 0 Å². The lowest BCUT2D eigenvalue weighted by atomic mass is 10.0. The Balaban J connectivity index is 2.07. The maximum Gasteiger partial charge on any atom is 0.0363 e. The van der Waals surface area contributed by atoms with Gasteiger partial charge in [0.05, 0.1) is 0 Å². The molecule has 0 saturated carbocycles. The molecular weight excluding hydrogens is 238 g/mol. The number of likely N-dealkylation sites (N-methyl/N-ethyl adjacent to an activating group) is 1. The van der Waals surface area contributed by atoms with Gasteiger partial charge in [0.1, 0.15) is 0 Å². The van der Waals surface area contributed by atoms with Gasteiger partial charge in [0.25, 0.3) is 0 Å². The zero-order chi connectivity index (χ0) is 12.8. The van der Waals surface area contributed by atoms with Crippen LogP contribution in [0.4, 0.5) is 5.69 Å². The first kappa shape index (κ1) is 13.0. The first-order valence-electron chi connectivity index (χ1n) is 6.23. The molecule has 2 aromatic rings. The van der Waals surface area contributed by atoms with Gasteiger partial charge in [0.2, 0.25) is 0 Å². The van der Waals surface area contributed by atoms with Crippen LogP contribution in [0, 0.1) is 0 Å². The Bertz CT molecular complexity index is 455. The van der Waals surface area contributed by atoms with Crippen LogP contribution >= 0.6 is 12.6 Å². The lowest BCUT2D eigenvalue weighted by molar-refractivity contribution is 0.745. The summed E-state index contributed by atoms with van der Waals surface area (Å²) >= 11 is 4.49. The van der Waals surface area contributed by atoms with E-state index in [0.717, 1.165) is 12.3 Å². The molecule has 0 saturated heterocycles. The van der Waals surface area contributed by atoms with E-state index < -0.39 is 0 Å². The Morgan fingerprint density at radius 3 is 2.06 bits per heavy atom. The minimum atomic E-state index is 0.458. The Hall–Kier alpha value is -1.41. The summed E-state index contributed by atoms with van der Waals surface area (Å²) in [4.78, 5) is 2.29. The van der Waals surface area contributed by atoms with Crippen LogP contribution in [0.15, 0.2) is 60.7 Å². The number of hydrogen-bond acceptors (Lipinski definition) is 2. The highest BCUT2D eigenvalue weighted by Gasteiger charge is 2.12. The van der Waals surface area contributed by atoms with Crippen molar-refractivity contribution in [2.45, 2.75) is 5.92 Å². The highest BCUT2D eigenvalue weighted by atomic mass is 32.1. The summed E-state index contributed by atoms with van der Waals surface area (Å²) in [6, 6.07) is 21.1. The smallest absolute Gasteiger partial charge is 0.0363 e. The summed E-state index contributed by atoms with van der Waals surface area (Å²) in [5.41, 5.74) is 2.61. The summed E-state index contributed by atoms with van der Waals surface area (Å²) in [5, 5.41) is 0. The molecule has 2 aromatic carbocycles. The Morgan fingerprint density at radius 1 is 0.944 bits per heavy atom. The second kappa shape index (κ2) is 6.50. The fourth-order valence-electron chi connectivity index (χ4n) is 2.11. The summed E-state index contributed by atoms with van der Waals surface area (Å²) in [6.07, 6.45) is 0. The van der Waals surface area contributed by atoms with Gasteiger partial charge in [0, 0.05) is 25.2 Å². The standard InChI is InChI=1S/C16H19NS/c1-17(16-10-6-3-7-11-16)12-15(13-18)14-8-4-2-5-9-14/h2-11,15,18H,12-13H2,1H3. The molecule has 0 aliphatic heterocycles. The lowest BCUT2D eigenvalue weighted by Crippen LogP contribution is -2.25. The molecular formula is C16H19NS. The topological polar surface area (TPSA) is 3.24 Å². The number of nitrogens with zero attached hydrogens (tertiary/aromatic N) is 1. The summed E-state index contributed by atoms with van der Waals surface area (Å²) in [5.74, 6) is 1.32. The second-order valence-corrected chi connectivity index (χ2v) is 4.87.